The summed E-state index contributed by atoms with van der Waals surface area (Å²) in [6.45, 7) is 13.0. The molecule has 0 amide bonds. The van der Waals surface area contributed by atoms with Gasteiger partial charge in [0.1, 0.15) is 5.75 Å². The molecule has 0 aromatic heterocycles. The zero-order valence-electron chi connectivity index (χ0n) is 56.7. The van der Waals surface area contributed by atoms with Crippen LogP contribution in [-0.2, 0) is 33.3 Å². The van der Waals surface area contributed by atoms with E-state index in [4.69, 9.17) is 120 Å². The Bertz CT molecular complexity index is 4540. The van der Waals surface area contributed by atoms with Gasteiger partial charge in [0.25, 0.3) is 9.05 Å². The minimum absolute atomic E-state index is 0.0486. The van der Waals surface area contributed by atoms with Crippen LogP contribution in [0.15, 0.2) is 173 Å². The first-order valence-corrected chi connectivity index (χ1v) is 38.8. The summed E-state index contributed by atoms with van der Waals surface area (Å²) < 4.78 is 126. The van der Waals surface area contributed by atoms with E-state index in [0.29, 0.717) is 89.2 Å². The second kappa shape index (κ2) is 35.6. The first-order chi connectivity index (χ1) is 50.4. The molecule has 106 heavy (non-hydrogen) atoms. The third-order valence-electron chi connectivity index (χ3n) is 17.5. The Balaban J connectivity index is 0.000000155. The Labute approximate surface area is 644 Å². The van der Waals surface area contributed by atoms with Crippen LogP contribution in [0.3, 0.4) is 0 Å². The molecule has 6 aliphatic rings. The number of aryl methyl sites for hydroxylation is 1. The molecule has 0 unspecified atom stereocenters. The summed E-state index contributed by atoms with van der Waals surface area (Å²) in [6.07, 6.45) is -7.82. The van der Waals surface area contributed by atoms with Gasteiger partial charge in [-0.3, -0.25) is 0 Å². The second-order valence-corrected chi connectivity index (χ2v) is 31.3. The number of nitrogens with zero attached hydrogens (tertiary/aromatic N) is 7. The van der Waals surface area contributed by atoms with Gasteiger partial charge < -0.3 is 73.8 Å². The quantitative estimate of drug-likeness (QED) is 0.0329. The topological polar surface area (TPSA) is 293 Å². The molecule has 0 bridgehead atoms. The van der Waals surface area contributed by atoms with Crippen molar-refractivity contribution in [3.05, 3.63) is 204 Å². The Kier molecular flexibility index (Phi) is 27.4. The smallest absolute Gasteiger partial charge is 0.453 e. The lowest BCUT2D eigenvalue weighted by Gasteiger charge is -2.44. The summed E-state index contributed by atoms with van der Waals surface area (Å²) >= 11 is 36.7. The first kappa shape index (κ1) is 81.5. The number of nitrogens with one attached hydrogen (secondary N) is 1. The molecular weight excluding hydrogens is 1570 g/mol. The molecule has 8 aromatic carbocycles. The summed E-state index contributed by atoms with van der Waals surface area (Å²) in [5.41, 5.74) is 19.9. The Morgan fingerprint density at radius 2 is 0.868 bits per heavy atom. The van der Waals surface area contributed by atoms with Gasteiger partial charge in [0, 0.05) is 82.1 Å². The minimum Gasteiger partial charge on any atom is -0.453 e. The van der Waals surface area contributed by atoms with Gasteiger partial charge in [0.2, 0.25) is 10.0 Å². The van der Waals surface area contributed by atoms with Gasteiger partial charge in [-0.25, -0.2) is 21.6 Å². The molecule has 0 spiro atoms. The Morgan fingerprint density at radius 3 is 1.21 bits per heavy atom. The SMILES string of the molecule is CCN(CC)CC.Cc1ccc(S(=O)(=O)Cl)cc1.N[C@@H]1COC[C@H](N2c3ccc(Cl)cc3Oc3cc(Cl)ccc32)[C@H]1O.O=S(=O)(N[C@@H]1COC[C@H](N2c3ccc(Cl)cc3Oc3cc(Cl)ccc32)[C@H]1O)c1ccc(OC(F)(F)F)cc1.[N-]=[N+]=N[C@@H]1COC[C@H](N2c3ccc(Cl)cc3Oc3cc(Cl)ccc32)[C@H]1O. The van der Waals surface area contributed by atoms with Crippen molar-refractivity contribution in [2.24, 2.45) is 10.8 Å². The number of ether oxygens (including phenoxy) is 7. The molecule has 23 nitrogen and oxygen atoms in total. The van der Waals surface area contributed by atoms with E-state index < -0.39 is 79.7 Å². The van der Waals surface area contributed by atoms with E-state index in [1.54, 1.807) is 102 Å². The molecule has 0 aliphatic carbocycles. The molecular formula is C71H71Cl7F3N9O14S2. The third-order valence-corrected chi connectivity index (χ3v) is 21.7. The number of hydrogen-bond acceptors (Lipinski definition) is 20. The maximum absolute atomic E-state index is 13.0. The monoisotopic (exact) mass is 1640 g/mol. The summed E-state index contributed by atoms with van der Waals surface area (Å²) in [5, 5.41) is 39.4. The average Bonchev–Trinajstić information content (AvgIpc) is 0.761. The van der Waals surface area contributed by atoms with E-state index >= 15 is 0 Å². The number of azide groups is 1. The van der Waals surface area contributed by atoms with Gasteiger partial charge in [0.15, 0.2) is 34.5 Å². The number of rotatable bonds is 12. The number of anilines is 6. The van der Waals surface area contributed by atoms with Gasteiger partial charge in [0.05, 0.1) is 138 Å². The molecule has 8 aromatic rings. The molecule has 0 radical (unpaired) electrons. The summed E-state index contributed by atoms with van der Waals surface area (Å²) in [5.74, 6) is 2.54. The number of hydrogen-bond donors (Lipinski definition) is 5. The lowest BCUT2D eigenvalue weighted by atomic mass is 9.98. The number of sulfonamides is 1. The van der Waals surface area contributed by atoms with Crippen molar-refractivity contribution in [3.8, 4) is 40.2 Å². The fourth-order valence-electron chi connectivity index (χ4n) is 12.2. The number of benzene rings is 8. The van der Waals surface area contributed by atoms with Crippen LogP contribution in [0.5, 0.6) is 40.2 Å². The zero-order chi connectivity index (χ0) is 76.5. The van der Waals surface area contributed by atoms with E-state index in [9.17, 15) is 45.3 Å². The predicted octanol–water partition coefficient (Wildman–Crippen LogP) is 16.5. The second-order valence-electron chi connectivity index (χ2n) is 24.4. The van der Waals surface area contributed by atoms with E-state index in [-0.39, 0.29) is 42.3 Å². The first-order valence-electron chi connectivity index (χ1n) is 32.8. The van der Waals surface area contributed by atoms with Gasteiger partial charge in [-0.1, -0.05) is 113 Å². The lowest BCUT2D eigenvalue weighted by molar-refractivity contribution is -0.274. The average molecular weight is 1640 g/mol. The molecule has 6 N–H and O–H groups in total. The highest BCUT2D eigenvalue weighted by Gasteiger charge is 2.45. The number of aliphatic hydroxyl groups excluding tert-OH is 3. The van der Waals surface area contributed by atoms with Crippen LogP contribution in [-0.4, -0.2) is 157 Å². The number of aliphatic hydroxyl groups is 3. The highest BCUT2D eigenvalue weighted by atomic mass is 35.7. The highest BCUT2D eigenvalue weighted by Crippen LogP contribution is 2.53. The predicted molar refractivity (Wildman–Crippen MR) is 403 cm³/mol. The number of fused-ring (bicyclic) bond motifs is 6. The fourth-order valence-corrected chi connectivity index (χ4v) is 15.2. The van der Waals surface area contributed by atoms with Gasteiger partial charge >= 0.3 is 6.36 Å². The summed E-state index contributed by atoms with van der Waals surface area (Å²) in [4.78, 5) is 10.7. The van der Waals surface area contributed by atoms with Gasteiger partial charge in [-0.15, -0.1) is 13.2 Å². The Morgan fingerprint density at radius 1 is 0.528 bits per heavy atom. The van der Waals surface area contributed by atoms with E-state index in [1.807, 2.05) is 41.0 Å². The summed E-state index contributed by atoms with van der Waals surface area (Å²) in [7, 11) is -2.71. The maximum atomic E-state index is 13.0. The molecule has 14 rings (SSSR count). The molecule has 6 aliphatic heterocycles. The molecule has 6 heterocycles. The van der Waals surface area contributed by atoms with Crippen molar-refractivity contribution < 1.29 is 78.5 Å². The molecule has 566 valence electrons. The Hall–Kier alpha value is -6.97. The molecule has 3 fully saturated rings. The maximum Gasteiger partial charge on any atom is 0.573 e. The minimum atomic E-state index is -4.91. The van der Waals surface area contributed by atoms with E-state index in [2.05, 4.69) is 45.2 Å². The number of halogens is 10. The number of nitrogens with two attached hydrogens (primary N) is 1. The van der Waals surface area contributed by atoms with Crippen molar-refractivity contribution in [1.29, 1.82) is 0 Å². The molecule has 0 saturated carbocycles. The van der Waals surface area contributed by atoms with Crippen molar-refractivity contribution in [1.82, 2.24) is 9.62 Å². The van der Waals surface area contributed by atoms with Crippen molar-refractivity contribution in [2.75, 3.05) is 74.0 Å². The van der Waals surface area contributed by atoms with Crippen LogP contribution < -0.4 is 44.1 Å². The third kappa shape index (κ3) is 19.9. The lowest BCUT2D eigenvalue weighted by Crippen LogP contribution is -2.60. The van der Waals surface area contributed by atoms with Crippen LogP contribution in [0.1, 0.15) is 26.3 Å². The van der Waals surface area contributed by atoms with Crippen LogP contribution in [0.25, 0.3) is 10.4 Å². The van der Waals surface area contributed by atoms with Crippen LogP contribution in [0.2, 0.25) is 30.1 Å². The van der Waals surface area contributed by atoms with Crippen LogP contribution >= 0.6 is 80.3 Å². The highest BCUT2D eigenvalue weighted by molar-refractivity contribution is 8.13. The van der Waals surface area contributed by atoms with Gasteiger partial charge in [-0.2, -0.15) is 0 Å². The van der Waals surface area contributed by atoms with Crippen LogP contribution in [0.4, 0.5) is 47.3 Å². The van der Waals surface area contributed by atoms with Crippen molar-refractivity contribution >= 4 is 133 Å². The van der Waals surface area contributed by atoms with E-state index in [1.165, 1.54) is 31.8 Å². The molecule has 9 atom stereocenters. The van der Waals surface area contributed by atoms with Crippen molar-refractivity contribution in [3.63, 3.8) is 0 Å². The fraction of sp³-hybridized carbons (Fsp3) is 0.324. The van der Waals surface area contributed by atoms with E-state index in [0.717, 1.165) is 52.6 Å². The van der Waals surface area contributed by atoms with Gasteiger partial charge in [-0.05, 0) is 141 Å². The zero-order valence-corrected chi connectivity index (χ0v) is 63.6. The molecule has 3 saturated heterocycles. The largest absolute Gasteiger partial charge is 0.573 e. The number of alkyl halides is 3. The summed E-state index contributed by atoms with van der Waals surface area (Å²) in [6, 6.07) is 37.6. The van der Waals surface area contributed by atoms with Crippen molar-refractivity contribution in [2.45, 2.75) is 98.4 Å². The molecule has 35 heteroatoms. The van der Waals surface area contributed by atoms with Crippen LogP contribution in [0, 0.1) is 6.92 Å². The standard InChI is InChI=1S/C24H19Cl2F3N2O6S.C17H14Cl2N4O3.C17H16Cl2N2O3.C7H7ClO2S.C6H15N/c25-13-1-7-18-21(9-13)36-22-10-14(26)2-8-19(22)31(18)20-12-35-11-17(23(20)32)30-38(33,34)16-5-3-15(4-6-16)37-24(27,28)29;18-9-1-3-12-15(5-9)26-16-6-10(19)2-4-13(16)23(12)14-8-25-7-11(17(14)24)21-22-20;18-9-1-3-12-15(5-9)24-16-6-10(19)2-4-13(16)21(12)14-8-23-7-11(20)17(14)22;1-6-2-4-7(5-3-6)11(8,9)10;1-4-7(5-2)6-3/h1-10,17,20,23,30,32H,11-12H2;1-6,11,14,17,24H,7-8H2;1-6,11,14,17,22H,7-8,20H2;2-5H,1H3;4-6H2,1-3H3/t17-,20+,23+;2*11-,14+,17+;;/m111../s1. The normalized spacial score (nSPS) is 21.2.